The van der Waals surface area contributed by atoms with Gasteiger partial charge in [0, 0.05) is 21.7 Å². The average molecular weight is 259 g/mol. The minimum absolute atomic E-state index is 0.356. The Balaban J connectivity index is 1.99. The Morgan fingerprint density at radius 3 is 2.92 bits per heavy atom. The molecule has 0 aliphatic heterocycles. The van der Waals surface area contributed by atoms with Crippen LogP contribution in [0.4, 0.5) is 0 Å². The Morgan fingerprint density at radius 2 is 2.46 bits per heavy atom. The van der Waals surface area contributed by atoms with Gasteiger partial charge in [0.1, 0.15) is 5.78 Å². The van der Waals surface area contributed by atoms with Gasteiger partial charge in [0.05, 0.1) is 0 Å². The summed E-state index contributed by atoms with van der Waals surface area (Å²) >= 11 is 5.09. The van der Waals surface area contributed by atoms with Gasteiger partial charge in [-0.15, -0.1) is 11.3 Å². The largest absolute Gasteiger partial charge is 0.299 e. The van der Waals surface area contributed by atoms with E-state index in [4.69, 9.17) is 0 Å². The molecule has 1 heterocycles. The van der Waals surface area contributed by atoms with E-state index in [1.807, 2.05) is 11.4 Å². The molecule has 0 radical (unpaired) electrons. The van der Waals surface area contributed by atoms with Gasteiger partial charge in [0.15, 0.2) is 0 Å². The Kier molecular flexibility index (Phi) is 2.56. The number of halogens is 1. The lowest BCUT2D eigenvalue weighted by molar-refractivity contribution is -0.119. The molecule has 3 heteroatoms. The first-order valence-electron chi connectivity index (χ1n) is 4.43. The smallest absolute Gasteiger partial charge is 0.141 e. The summed E-state index contributed by atoms with van der Waals surface area (Å²) in [7, 11) is 0. The monoisotopic (exact) mass is 258 g/mol. The van der Waals surface area contributed by atoms with Crippen molar-refractivity contribution in [1.29, 1.82) is 0 Å². The van der Waals surface area contributed by atoms with E-state index in [9.17, 15) is 4.79 Å². The van der Waals surface area contributed by atoms with E-state index in [2.05, 4.69) is 22.9 Å². The molecule has 1 aromatic rings. The van der Waals surface area contributed by atoms with E-state index in [1.54, 1.807) is 11.3 Å². The van der Waals surface area contributed by atoms with E-state index >= 15 is 0 Å². The molecule has 2 rings (SSSR count). The highest BCUT2D eigenvalue weighted by Crippen LogP contribution is 2.39. The highest BCUT2D eigenvalue weighted by molar-refractivity contribution is 9.10. The minimum Gasteiger partial charge on any atom is -0.299 e. The minimum atomic E-state index is 0.356. The van der Waals surface area contributed by atoms with Crippen molar-refractivity contribution in [2.24, 2.45) is 11.8 Å². The Hall–Kier alpha value is -0.150. The number of carbonyl (C=O) groups excluding carboxylic acids is 1. The van der Waals surface area contributed by atoms with Crippen molar-refractivity contribution >= 4 is 33.0 Å². The van der Waals surface area contributed by atoms with Crippen LogP contribution in [0, 0.1) is 11.8 Å². The summed E-state index contributed by atoms with van der Waals surface area (Å²) in [5.74, 6) is 1.40. The normalized spacial score (nSPS) is 26.0. The van der Waals surface area contributed by atoms with E-state index in [-0.39, 0.29) is 0 Å². The van der Waals surface area contributed by atoms with Gasteiger partial charge in [-0.3, -0.25) is 4.79 Å². The summed E-state index contributed by atoms with van der Waals surface area (Å²) in [6, 6.07) is 2.00. The molecule has 2 atom stereocenters. The molecule has 1 nitrogen and oxygen atoms in total. The third kappa shape index (κ3) is 2.02. The summed E-state index contributed by atoms with van der Waals surface area (Å²) in [5.41, 5.74) is 0. The zero-order valence-corrected chi connectivity index (χ0v) is 9.82. The lowest BCUT2D eigenvalue weighted by atomic mass is 10.1. The summed E-state index contributed by atoms with van der Waals surface area (Å²) in [6.07, 6.45) is 1.72. The molecule has 0 bridgehead atoms. The molecule has 1 aromatic heterocycles. The molecule has 0 amide bonds. The first-order chi connectivity index (χ1) is 6.18. The molecule has 0 saturated heterocycles. The van der Waals surface area contributed by atoms with Gasteiger partial charge in [0.2, 0.25) is 0 Å². The van der Waals surface area contributed by atoms with Crippen LogP contribution in [0.2, 0.25) is 0 Å². The summed E-state index contributed by atoms with van der Waals surface area (Å²) in [6.45, 7) is 2.14. The van der Waals surface area contributed by atoms with Crippen molar-refractivity contribution in [3.63, 3.8) is 0 Å². The third-order valence-corrected chi connectivity index (χ3v) is 4.48. The third-order valence-electron chi connectivity index (χ3n) is 2.55. The first kappa shape index (κ1) is 9.41. The molecule has 1 fully saturated rings. The molecule has 0 spiro atoms. The fourth-order valence-electron chi connectivity index (χ4n) is 1.51. The number of hydrogen-bond acceptors (Lipinski definition) is 2. The summed E-state index contributed by atoms with van der Waals surface area (Å²) in [5, 5.41) is 2.02. The second-order valence-corrected chi connectivity index (χ2v) is 5.51. The maximum absolute atomic E-state index is 11.6. The van der Waals surface area contributed by atoms with Crippen molar-refractivity contribution in [2.75, 3.05) is 0 Å². The van der Waals surface area contributed by atoms with Gasteiger partial charge in [-0.05, 0) is 39.7 Å². The van der Waals surface area contributed by atoms with E-state index in [1.165, 1.54) is 4.88 Å². The van der Waals surface area contributed by atoms with Gasteiger partial charge in [0.25, 0.3) is 0 Å². The quantitative estimate of drug-likeness (QED) is 0.814. The van der Waals surface area contributed by atoms with Crippen molar-refractivity contribution in [1.82, 2.24) is 0 Å². The van der Waals surface area contributed by atoms with Gasteiger partial charge in [-0.25, -0.2) is 0 Å². The maximum Gasteiger partial charge on any atom is 0.141 e. The SMILES string of the molecule is CC1CC1C(=O)Cc1sccc1Br. The summed E-state index contributed by atoms with van der Waals surface area (Å²) in [4.78, 5) is 12.8. The molecule has 0 N–H and O–H groups in total. The van der Waals surface area contributed by atoms with Crippen LogP contribution in [0.3, 0.4) is 0 Å². The Bertz CT molecular complexity index is 331. The van der Waals surface area contributed by atoms with Crippen molar-refractivity contribution < 1.29 is 4.79 Å². The zero-order valence-electron chi connectivity index (χ0n) is 7.42. The fraction of sp³-hybridized carbons (Fsp3) is 0.500. The topological polar surface area (TPSA) is 17.1 Å². The van der Waals surface area contributed by atoms with Crippen LogP contribution in [0.25, 0.3) is 0 Å². The highest BCUT2D eigenvalue weighted by Gasteiger charge is 2.38. The van der Waals surface area contributed by atoms with Gasteiger partial charge in [-0.2, -0.15) is 0 Å². The predicted molar refractivity (Wildman–Crippen MR) is 58.0 cm³/mol. The number of carbonyl (C=O) groups is 1. The second-order valence-electron chi connectivity index (χ2n) is 3.65. The maximum atomic E-state index is 11.6. The molecule has 13 heavy (non-hydrogen) atoms. The average Bonchev–Trinajstić information content (AvgIpc) is 2.68. The molecule has 1 aliphatic rings. The standard InChI is InChI=1S/C10H11BrOS/c1-6-4-7(6)9(12)5-10-8(11)2-3-13-10/h2-3,6-7H,4-5H2,1H3. The Morgan fingerprint density at radius 1 is 1.77 bits per heavy atom. The first-order valence-corrected chi connectivity index (χ1v) is 6.10. The van der Waals surface area contributed by atoms with Crippen LogP contribution >= 0.6 is 27.3 Å². The van der Waals surface area contributed by atoms with Crippen LogP contribution < -0.4 is 0 Å². The molecular weight excluding hydrogens is 248 g/mol. The molecule has 2 unspecified atom stereocenters. The second kappa shape index (κ2) is 3.54. The number of hydrogen-bond donors (Lipinski definition) is 0. The number of rotatable bonds is 3. The van der Waals surface area contributed by atoms with Crippen molar-refractivity contribution in [2.45, 2.75) is 19.8 Å². The van der Waals surface area contributed by atoms with E-state index in [0.29, 0.717) is 24.0 Å². The lowest BCUT2D eigenvalue weighted by Gasteiger charge is -1.96. The van der Waals surface area contributed by atoms with Gasteiger partial charge >= 0.3 is 0 Å². The van der Waals surface area contributed by atoms with E-state index < -0.39 is 0 Å². The van der Waals surface area contributed by atoms with Gasteiger partial charge in [-0.1, -0.05) is 6.92 Å². The van der Waals surface area contributed by atoms with Crippen LogP contribution in [0.1, 0.15) is 18.2 Å². The zero-order chi connectivity index (χ0) is 9.42. The van der Waals surface area contributed by atoms with Gasteiger partial charge < -0.3 is 0 Å². The van der Waals surface area contributed by atoms with Crippen LogP contribution in [-0.2, 0) is 11.2 Å². The lowest BCUT2D eigenvalue weighted by Crippen LogP contribution is -2.04. The summed E-state index contributed by atoms with van der Waals surface area (Å²) < 4.78 is 1.08. The number of ketones is 1. The van der Waals surface area contributed by atoms with Crippen LogP contribution in [0.5, 0.6) is 0 Å². The van der Waals surface area contributed by atoms with E-state index in [0.717, 1.165) is 10.9 Å². The van der Waals surface area contributed by atoms with Crippen LogP contribution in [-0.4, -0.2) is 5.78 Å². The van der Waals surface area contributed by atoms with Crippen LogP contribution in [0.15, 0.2) is 15.9 Å². The molecule has 70 valence electrons. The number of thiophene rings is 1. The highest BCUT2D eigenvalue weighted by atomic mass is 79.9. The van der Waals surface area contributed by atoms with Crippen molar-refractivity contribution in [3.05, 3.63) is 20.8 Å². The molecule has 1 aliphatic carbocycles. The fourth-order valence-corrected chi connectivity index (χ4v) is 3.01. The Labute approximate surface area is 90.3 Å². The molecule has 1 saturated carbocycles. The van der Waals surface area contributed by atoms with Crippen molar-refractivity contribution in [3.8, 4) is 0 Å². The predicted octanol–water partition coefficient (Wildman–Crippen LogP) is 3.28. The molecular formula is C10H11BrOS. The molecule has 0 aromatic carbocycles. The number of Topliss-reactive ketones (excluding diaryl/α,β-unsaturated/α-hetero) is 1.